The Balaban J connectivity index is 1.50. The van der Waals surface area contributed by atoms with Gasteiger partial charge in [-0.1, -0.05) is 81.4 Å². The molecule has 4 rings (SSSR count). The van der Waals surface area contributed by atoms with Gasteiger partial charge in [-0.05, 0) is 42.3 Å². The van der Waals surface area contributed by atoms with Crippen molar-refractivity contribution >= 4 is 17.6 Å². The molecular weight excluding hydrogens is 448 g/mol. The van der Waals surface area contributed by atoms with Crippen LogP contribution >= 0.6 is 0 Å². The first kappa shape index (κ1) is 24.9. The third kappa shape index (κ3) is 5.71. The third-order valence-electron chi connectivity index (χ3n) is 5.99. The molecule has 4 aromatic rings. The van der Waals surface area contributed by atoms with Crippen molar-refractivity contribution in [2.24, 2.45) is 0 Å². The van der Waals surface area contributed by atoms with Crippen molar-refractivity contribution in [2.45, 2.75) is 33.1 Å². The van der Waals surface area contributed by atoms with Gasteiger partial charge in [-0.3, -0.25) is 9.59 Å². The number of hydrogen-bond acceptors (Lipinski definition) is 3. The van der Waals surface area contributed by atoms with Crippen LogP contribution in [0.2, 0.25) is 0 Å². The van der Waals surface area contributed by atoms with E-state index in [0.29, 0.717) is 17.9 Å². The first-order valence-corrected chi connectivity index (χ1v) is 12.2. The fraction of sp³-hybridized carbons (Fsp3) is 0.233. The van der Waals surface area contributed by atoms with Gasteiger partial charge in [0.25, 0.3) is 5.91 Å². The number of carbonyl (C=O) groups excluding carboxylic acids is 2. The molecule has 1 heterocycles. The summed E-state index contributed by atoms with van der Waals surface area (Å²) in [6.07, 6.45) is 0. The van der Waals surface area contributed by atoms with Gasteiger partial charge in [-0.15, -0.1) is 0 Å². The number of aromatic nitrogens is 2. The highest BCUT2D eigenvalue weighted by Gasteiger charge is 2.23. The molecule has 6 nitrogen and oxygen atoms in total. The number of rotatable bonds is 7. The molecule has 184 valence electrons. The maximum absolute atomic E-state index is 13.2. The van der Waals surface area contributed by atoms with Crippen LogP contribution in [0.3, 0.4) is 0 Å². The summed E-state index contributed by atoms with van der Waals surface area (Å²) in [5.41, 5.74) is 4.21. The summed E-state index contributed by atoms with van der Waals surface area (Å²) in [5.74, 6) is 0.120. The molecule has 0 unspecified atom stereocenters. The van der Waals surface area contributed by atoms with E-state index >= 15 is 0 Å². The molecule has 0 fully saturated rings. The zero-order valence-electron chi connectivity index (χ0n) is 21.2. The molecule has 0 aliphatic carbocycles. The van der Waals surface area contributed by atoms with Gasteiger partial charge < -0.3 is 10.2 Å². The average Bonchev–Trinajstić information content (AvgIpc) is 3.32. The largest absolute Gasteiger partial charge is 0.330 e. The molecule has 2 amide bonds. The Kier molecular flexibility index (Phi) is 7.34. The predicted molar refractivity (Wildman–Crippen MR) is 144 cm³/mol. The molecule has 1 aromatic heterocycles. The highest BCUT2D eigenvalue weighted by molar-refractivity contribution is 5.99. The monoisotopic (exact) mass is 480 g/mol. The van der Waals surface area contributed by atoms with Gasteiger partial charge in [0.15, 0.2) is 0 Å². The Labute approximate surface area is 212 Å². The molecule has 3 aromatic carbocycles. The van der Waals surface area contributed by atoms with E-state index in [4.69, 9.17) is 5.10 Å². The predicted octanol–water partition coefficient (Wildman–Crippen LogP) is 5.94. The highest BCUT2D eigenvalue weighted by Crippen LogP contribution is 2.26. The second-order valence-electron chi connectivity index (χ2n) is 9.72. The van der Waals surface area contributed by atoms with E-state index in [9.17, 15) is 9.59 Å². The van der Waals surface area contributed by atoms with Crippen LogP contribution < -0.4 is 5.32 Å². The normalized spacial score (nSPS) is 11.2. The summed E-state index contributed by atoms with van der Waals surface area (Å²) in [7, 11) is 0. The van der Waals surface area contributed by atoms with E-state index in [1.165, 1.54) is 0 Å². The number of anilines is 1. The molecule has 0 bridgehead atoms. The maximum Gasteiger partial charge on any atom is 0.254 e. The van der Waals surface area contributed by atoms with Crippen LogP contribution in [-0.2, 0) is 10.2 Å². The molecule has 0 saturated heterocycles. The SMILES string of the molecule is CCN(CC(=O)Nc1cc(C(C)(C)C)nn1-c1ccccc1)C(=O)c1ccc(-c2ccccc2)cc1. The van der Waals surface area contributed by atoms with Gasteiger partial charge in [0.05, 0.1) is 11.4 Å². The van der Waals surface area contributed by atoms with Crippen LogP contribution in [0.4, 0.5) is 5.82 Å². The average molecular weight is 481 g/mol. The fourth-order valence-electron chi connectivity index (χ4n) is 3.90. The fourth-order valence-corrected chi connectivity index (χ4v) is 3.90. The molecule has 0 spiro atoms. The Morgan fingerprint density at radius 1 is 0.861 bits per heavy atom. The summed E-state index contributed by atoms with van der Waals surface area (Å²) in [5, 5.41) is 7.71. The molecular formula is C30H32N4O2. The van der Waals surface area contributed by atoms with Crippen molar-refractivity contribution in [3.05, 3.63) is 102 Å². The van der Waals surface area contributed by atoms with E-state index in [1.807, 2.05) is 97.9 Å². The lowest BCUT2D eigenvalue weighted by atomic mass is 9.92. The second-order valence-corrected chi connectivity index (χ2v) is 9.72. The minimum absolute atomic E-state index is 0.0550. The van der Waals surface area contributed by atoms with E-state index in [-0.39, 0.29) is 23.8 Å². The topological polar surface area (TPSA) is 67.2 Å². The zero-order chi connectivity index (χ0) is 25.7. The van der Waals surface area contributed by atoms with Crippen molar-refractivity contribution in [2.75, 3.05) is 18.4 Å². The highest BCUT2D eigenvalue weighted by atomic mass is 16.2. The Morgan fingerprint density at radius 3 is 2.03 bits per heavy atom. The van der Waals surface area contributed by atoms with Gasteiger partial charge in [-0.25, -0.2) is 4.68 Å². The lowest BCUT2D eigenvalue weighted by Crippen LogP contribution is -2.38. The van der Waals surface area contributed by atoms with Crippen LogP contribution in [0.5, 0.6) is 0 Å². The summed E-state index contributed by atoms with van der Waals surface area (Å²) in [6, 6.07) is 29.1. The van der Waals surface area contributed by atoms with Crippen molar-refractivity contribution < 1.29 is 9.59 Å². The van der Waals surface area contributed by atoms with Crippen molar-refractivity contribution in [1.29, 1.82) is 0 Å². The number of nitrogens with one attached hydrogen (secondary N) is 1. The number of benzene rings is 3. The summed E-state index contributed by atoms with van der Waals surface area (Å²) >= 11 is 0. The Hall–Kier alpha value is -4.19. The Bertz CT molecular complexity index is 1320. The molecule has 0 aliphatic heterocycles. The number of likely N-dealkylation sites (N-methyl/N-ethyl adjacent to an activating group) is 1. The van der Waals surface area contributed by atoms with E-state index < -0.39 is 0 Å². The minimum atomic E-state index is -0.274. The number of amides is 2. The summed E-state index contributed by atoms with van der Waals surface area (Å²) in [4.78, 5) is 27.8. The molecule has 36 heavy (non-hydrogen) atoms. The molecule has 6 heteroatoms. The Morgan fingerprint density at radius 2 is 1.44 bits per heavy atom. The van der Waals surface area contributed by atoms with E-state index in [1.54, 1.807) is 9.58 Å². The molecule has 0 radical (unpaired) electrons. The van der Waals surface area contributed by atoms with Gasteiger partial charge in [0, 0.05) is 23.6 Å². The van der Waals surface area contributed by atoms with Crippen LogP contribution in [0, 0.1) is 0 Å². The smallest absolute Gasteiger partial charge is 0.254 e. The minimum Gasteiger partial charge on any atom is -0.330 e. The molecule has 0 saturated carbocycles. The van der Waals surface area contributed by atoms with Crippen LogP contribution in [0.25, 0.3) is 16.8 Å². The number of para-hydroxylation sites is 1. The van der Waals surface area contributed by atoms with Crippen molar-refractivity contribution in [1.82, 2.24) is 14.7 Å². The molecule has 1 N–H and O–H groups in total. The van der Waals surface area contributed by atoms with Crippen molar-refractivity contribution in [3.8, 4) is 16.8 Å². The van der Waals surface area contributed by atoms with E-state index in [2.05, 4.69) is 26.1 Å². The van der Waals surface area contributed by atoms with Crippen molar-refractivity contribution in [3.63, 3.8) is 0 Å². The van der Waals surface area contributed by atoms with Crippen LogP contribution in [-0.4, -0.2) is 39.6 Å². The summed E-state index contributed by atoms with van der Waals surface area (Å²) in [6.45, 7) is 8.47. The molecule has 0 aliphatic rings. The van der Waals surface area contributed by atoms with Gasteiger partial charge >= 0.3 is 0 Å². The first-order valence-electron chi connectivity index (χ1n) is 12.2. The third-order valence-corrected chi connectivity index (χ3v) is 5.99. The second kappa shape index (κ2) is 10.6. The van der Waals surface area contributed by atoms with Crippen LogP contribution in [0.1, 0.15) is 43.7 Å². The quantitative estimate of drug-likeness (QED) is 0.356. The van der Waals surface area contributed by atoms with E-state index in [0.717, 1.165) is 22.5 Å². The molecule has 0 atom stereocenters. The van der Waals surface area contributed by atoms with Gasteiger partial charge in [0.2, 0.25) is 5.91 Å². The number of hydrogen-bond donors (Lipinski definition) is 1. The number of carbonyl (C=O) groups is 2. The van der Waals surface area contributed by atoms with Gasteiger partial charge in [0.1, 0.15) is 12.4 Å². The lowest BCUT2D eigenvalue weighted by Gasteiger charge is -2.20. The van der Waals surface area contributed by atoms with Gasteiger partial charge in [-0.2, -0.15) is 5.10 Å². The summed E-state index contributed by atoms with van der Waals surface area (Å²) < 4.78 is 1.74. The number of nitrogens with zero attached hydrogens (tertiary/aromatic N) is 3. The maximum atomic E-state index is 13.2. The lowest BCUT2D eigenvalue weighted by molar-refractivity contribution is -0.116. The zero-order valence-corrected chi connectivity index (χ0v) is 21.2. The standard InChI is InChI=1S/C30H32N4O2/c1-5-33(29(36)24-18-16-23(17-19-24)22-12-8-6-9-13-22)21-28(35)31-27-20-26(30(2,3)4)32-34(27)25-14-10-7-11-15-25/h6-20H,5,21H2,1-4H3,(H,31,35). The first-order chi connectivity index (χ1) is 17.3. The van der Waals surface area contributed by atoms with Crippen LogP contribution in [0.15, 0.2) is 91.0 Å².